The van der Waals surface area contributed by atoms with Crippen molar-refractivity contribution in [3.05, 3.63) is 450 Å². The molecule has 0 nitrogen and oxygen atoms in total. The zero-order chi connectivity index (χ0) is 79.4. The second-order valence-corrected chi connectivity index (χ2v) is 29.4. The van der Waals surface area contributed by atoms with E-state index in [-0.39, 0.29) is 0 Å². The lowest BCUT2D eigenvalue weighted by atomic mass is 10.00. The number of hydrogen-bond donors (Lipinski definition) is 0. The third-order valence-electron chi connectivity index (χ3n) is 19.4. The molecule has 0 aliphatic carbocycles. The molecule has 0 fully saturated rings. The van der Waals surface area contributed by atoms with E-state index in [4.69, 9.17) is 0 Å². The van der Waals surface area contributed by atoms with Crippen LogP contribution in [0.5, 0.6) is 0 Å². The molecule has 15 aromatic carbocycles. The topological polar surface area (TPSA) is 0 Å². The number of hydrogen-bond acceptors (Lipinski definition) is 0. The van der Waals surface area contributed by atoms with E-state index in [2.05, 4.69) is 480 Å². The van der Waals surface area contributed by atoms with Crippen molar-refractivity contribution in [1.82, 2.24) is 0 Å². The fourth-order valence-electron chi connectivity index (χ4n) is 12.1. The van der Waals surface area contributed by atoms with Crippen molar-refractivity contribution in [2.24, 2.45) is 0 Å². The molecule has 0 heterocycles. The van der Waals surface area contributed by atoms with Crippen molar-refractivity contribution < 1.29 is 0 Å². The summed E-state index contributed by atoms with van der Waals surface area (Å²) in [6.07, 6.45) is 1.15. The van der Waals surface area contributed by atoms with Gasteiger partial charge in [-0.25, -0.2) is 0 Å². The van der Waals surface area contributed by atoms with Crippen molar-refractivity contribution in [3.8, 4) is 33.4 Å². The van der Waals surface area contributed by atoms with Gasteiger partial charge in [0.25, 0.3) is 0 Å². The molecule has 0 aliphatic heterocycles. The first-order valence-corrected chi connectivity index (χ1v) is 38.7. The molecule has 15 rings (SSSR count). The summed E-state index contributed by atoms with van der Waals surface area (Å²) in [5, 5.41) is 5.49. The second kappa shape index (κ2) is 45.5. The first kappa shape index (κ1) is 86.7. The van der Waals surface area contributed by atoms with Gasteiger partial charge in [-0.2, -0.15) is 0 Å². The average molecular weight is 1430 g/mol. The first-order valence-electron chi connectivity index (χ1n) is 38.7. The molecule has 0 bridgehead atoms. The molecule has 0 saturated carbocycles. The highest BCUT2D eigenvalue weighted by Crippen LogP contribution is 2.26. The van der Waals surface area contributed by atoms with Crippen LogP contribution >= 0.6 is 0 Å². The quantitative estimate of drug-likeness (QED) is 0.165. The Morgan fingerprint density at radius 2 is 0.404 bits per heavy atom. The Bertz CT molecular complexity index is 4950. The molecular weight excluding hydrogens is 1310 g/mol. The van der Waals surface area contributed by atoms with Crippen LogP contribution in [0.1, 0.15) is 129 Å². The molecule has 0 radical (unpaired) electrons. The normalized spacial score (nSPS) is 9.96. The predicted octanol–water partition coefficient (Wildman–Crippen LogP) is 31.2. The van der Waals surface area contributed by atoms with Gasteiger partial charge in [0.15, 0.2) is 0 Å². The van der Waals surface area contributed by atoms with Gasteiger partial charge in [0.1, 0.15) is 0 Å². The Balaban J connectivity index is 0.000000191. The van der Waals surface area contributed by atoms with E-state index < -0.39 is 0 Å². The molecule has 0 aliphatic rings. The second-order valence-electron chi connectivity index (χ2n) is 29.4. The molecule has 0 heteroatoms. The van der Waals surface area contributed by atoms with Crippen LogP contribution in [0.15, 0.2) is 328 Å². The van der Waals surface area contributed by atoms with Crippen LogP contribution in [-0.2, 0) is 6.42 Å². The summed E-state index contributed by atoms with van der Waals surface area (Å²) < 4.78 is 0. The van der Waals surface area contributed by atoms with Crippen molar-refractivity contribution in [2.75, 3.05) is 0 Å². The minimum Gasteiger partial charge on any atom is -0.0620 e. The maximum absolute atomic E-state index is 2.26. The van der Waals surface area contributed by atoms with E-state index in [9.17, 15) is 0 Å². The summed E-state index contributed by atoms with van der Waals surface area (Å²) in [6, 6.07) is 116. The fraction of sp³-hybridized carbons (Fsp3) is 0.211. The van der Waals surface area contributed by atoms with Gasteiger partial charge in [-0.1, -0.05) is 396 Å². The number of rotatable bonds is 4. The summed E-state index contributed by atoms with van der Waals surface area (Å²) >= 11 is 0. The summed E-state index contributed by atoms with van der Waals surface area (Å²) in [5.41, 5.74) is 37.5. The lowest BCUT2D eigenvalue weighted by Gasteiger charge is -2.05. The fourth-order valence-corrected chi connectivity index (χ4v) is 12.1. The van der Waals surface area contributed by atoms with Crippen LogP contribution in [0, 0.1) is 145 Å². The summed E-state index contributed by atoms with van der Waals surface area (Å²) in [4.78, 5) is 0. The SMILES string of the molecule is CCc1cc(C)ccc1C.Cc1ccc(-c2ccc(C)cc2)cc1.Cc1ccc(-c2cccc(C)c2)cc1.Cc1ccc(-c2ccccc2C)cc1.Cc1ccc(C)c(C)c1.Cc1ccc(C)c2ccccc12.Cc1ccc(C)cc1.Cc1cccc(C)c1.Cc1cccc2c(C)cccc12.Cc1ccccc1C. The third kappa shape index (κ3) is 30.5. The standard InChI is InChI=1S/3C14H14.2C12H12.C10H14.C9H12.3C8H10/c1-11-3-7-13(8-4-11)14-9-5-12(2)6-10-14;1-11-6-8-13(9-7-11)14-5-3-4-12(2)10-14;1-11-7-9-13(10-8-11)14-6-4-3-5-12(14)2;1-9-5-3-8-12-10(2)6-4-7-11(9)12;1-9-7-8-10(2)12-6-4-3-5-11(9)12;1-4-10-7-8(2)5-6-9(10)3;1-7-4-5-8(2)9(3)6-7;1-7-3-5-8(2)6-4-7;1-7-4-3-5-8(2)6-7;1-7-5-3-4-6-8(7)2/h3*3-10H,1-2H3;2*3-8H,1-2H3;5-7H,4H2,1-3H3;4-6H,1-3H3;3*3-6H,1-2H3. The summed E-state index contributed by atoms with van der Waals surface area (Å²) in [6.45, 7) is 46.9. The molecule has 109 heavy (non-hydrogen) atoms. The van der Waals surface area contributed by atoms with Crippen molar-refractivity contribution in [1.29, 1.82) is 0 Å². The highest BCUT2D eigenvalue weighted by atomic mass is 14.1. The Hall–Kier alpha value is -11.2. The largest absolute Gasteiger partial charge is 0.0620 e. The van der Waals surface area contributed by atoms with Crippen LogP contribution in [-0.4, -0.2) is 0 Å². The maximum atomic E-state index is 2.26. The summed E-state index contributed by atoms with van der Waals surface area (Å²) in [7, 11) is 0. The van der Waals surface area contributed by atoms with Crippen LogP contribution < -0.4 is 0 Å². The predicted molar refractivity (Wildman–Crippen MR) is 485 cm³/mol. The average Bonchev–Trinajstić information content (AvgIpc) is 0.823. The third-order valence-corrected chi connectivity index (χ3v) is 19.4. The molecular formula is C109H122. The van der Waals surface area contributed by atoms with E-state index in [1.165, 1.54) is 177 Å². The summed E-state index contributed by atoms with van der Waals surface area (Å²) in [5.74, 6) is 0. The van der Waals surface area contributed by atoms with Gasteiger partial charge in [-0.15, -0.1) is 0 Å². The monoisotopic (exact) mass is 1430 g/mol. The van der Waals surface area contributed by atoms with Gasteiger partial charge in [0.05, 0.1) is 0 Å². The Morgan fingerprint density at radius 1 is 0.147 bits per heavy atom. The maximum Gasteiger partial charge on any atom is -0.0152 e. The Kier molecular flexibility index (Phi) is 36.2. The van der Waals surface area contributed by atoms with Gasteiger partial charge in [-0.3, -0.25) is 0 Å². The molecule has 0 atom stereocenters. The van der Waals surface area contributed by atoms with Gasteiger partial charge in [-0.05, 0) is 268 Å². The minimum atomic E-state index is 1.15. The number of benzene rings is 15. The van der Waals surface area contributed by atoms with Gasteiger partial charge in [0.2, 0.25) is 0 Å². The van der Waals surface area contributed by atoms with Crippen molar-refractivity contribution in [3.63, 3.8) is 0 Å². The molecule has 15 aromatic rings. The molecule has 0 unspecified atom stereocenters. The molecule has 0 amide bonds. The minimum absolute atomic E-state index is 1.15. The zero-order valence-corrected chi connectivity index (χ0v) is 69.9. The highest BCUT2D eigenvalue weighted by molar-refractivity contribution is 5.89. The van der Waals surface area contributed by atoms with E-state index in [0.29, 0.717) is 0 Å². The van der Waals surface area contributed by atoms with Gasteiger partial charge in [0, 0.05) is 0 Å². The van der Waals surface area contributed by atoms with Crippen molar-refractivity contribution in [2.45, 2.75) is 159 Å². The molecule has 0 aromatic heterocycles. The molecule has 0 spiro atoms. The van der Waals surface area contributed by atoms with Gasteiger partial charge >= 0.3 is 0 Å². The van der Waals surface area contributed by atoms with E-state index in [0.717, 1.165) is 6.42 Å². The van der Waals surface area contributed by atoms with Crippen LogP contribution in [0.2, 0.25) is 0 Å². The Morgan fingerprint density at radius 3 is 0.743 bits per heavy atom. The molecule has 0 N–H and O–H groups in total. The van der Waals surface area contributed by atoms with E-state index >= 15 is 0 Å². The smallest absolute Gasteiger partial charge is 0.0152 e. The number of fused-ring (bicyclic) bond motifs is 2. The first-order chi connectivity index (χ1) is 52.2. The van der Waals surface area contributed by atoms with Crippen LogP contribution in [0.3, 0.4) is 0 Å². The van der Waals surface area contributed by atoms with E-state index in [1.807, 2.05) is 0 Å². The van der Waals surface area contributed by atoms with E-state index in [1.54, 1.807) is 0 Å². The zero-order valence-electron chi connectivity index (χ0n) is 69.9. The highest BCUT2D eigenvalue weighted by Gasteiger charge is 2.03. The lowest BCUT2D eigenvalue weighted by molar-refractivity contribution is 1.10. The number of aryl methyl sites for hydroxylation is 22. The van der Waals surface area contributed by atoms with Gasteiger partial charge < -0.3 is 0 Å². The Labute approximate surface area is 659 Å². The lowest BCUT2D eigenvalue weighted by Crippen LogP contribution is -1.86. The molecule has 558 valence electrons. The molecule has 0 saturated heterocycles. The van der Waals surface area contributed by atoms with Crippen molar-refractivity contribution >= 4 is 21.5 Å². The van der Waals surface area contributed by atoms with Crippen LogP contribution in [0.4, 0.5) is 0 Å². The van der Waals surface area contributed by atoms with Crippen LogP contribution in [0.25, 0.3) is 54.9 Å².